The molecule has 0 N–H and O–H groups in total. The van der Waals surface area contributed by atoms with E-state index in [1.807, 2.05) is 13.2 Å². The SMILES string of the molecule is C[C@@H]1C[C@H]1c1cn(C)nn1. The van der Waals surface area contributed by atoms with Crippen molar-refractivity contribution in [1.82, 2.24) is 15.0 Å². The number of hydrogen-bond donors (Lipinski definition) is 0. The molecular formula is C7H11N3. The van der Waals surface area contributed by atoms with Crippen LogP contribution in [0.15, 0.2) is 6.20 Å². The van der Waals surface area contributed by atoms with Crippen LogP contribution in [-0.4, -0.2) is 15.0 Å². The molecule has 0 radical (unpaired) electrons. The predicted molar refractivity (Wildman–Crippen MR) is 37.5 cm³/mol. The van der Waals surface area contributed by atoms with Crippen LogP contribution in [0.2, 0.25) is 0 Å². The molecule has 1 aromatic heterocycles. The molecule has 54 valence electrons. The summed E-state index contributed by atoms with van der Waals surface area (Å²) in [4.78, 5) is 0. The summed E-state index contributed by atoms with van der Waals surface area (Å²) in [5.41, 5.74) is 1.16. The van der Waals surface area contributed by atoms with Crippen molar-refractivity contribution in [3.8, 4) is 0 Å². The second-order valence-corrected chi connectivity index (χ2v) is 3.14. The molecule has 0 saturated heterocycles. The highest BCUT2D eigenvalue weighted by atomic mass is 15.4. The first-order valence-corrected chi connectivity index (χ1v) is 3.63. The van der Waals surface area contributed by atoms with E-state index in [0.717, 1.165) is 11.6 Å². The van der Waals surface area contributed by atoms with Crippen LogP contribution in [0.4, 0.5) is 0 Å². The highest BCUT2D eigenvalue weighted by molar-refractivity contribution is 5.12. The Morgan fingerprint density at radius 1 is 1.70 bits per heavy atom. The van der Waals surface area contributed by atoms with Gasteiger partial charge in [0.1, 0.15) is 0 Å². The van der Waals surface area contributed by atoms with E-state index in [4.69, 9.17) is 0 Å². The fourth-order valence-electron chi connectivity index (χ4n) is 1.27. The van der Waals surface area contributed by atoms with Gasteiger partial charge in [-0.1, -0.05) is 12.1 Å². The molecule has 0 aliphatic heterocycles. The molecule has 1 aliphatic rings. The first kappa shape index (κ1) is 5.89. The van der Waals surface area contributed by atoms with Crippen LogP contribution in [0.5, 0.6) is 0 Å². The van der Waals surface area contributed by atoms with Crippen molar-refractivity contribution in [2.75, 3.05) is 0 Å². The molecule has 3 heteroatoms. The average molecular weight is 137 g/mol. The molecule has 0 aromatic carbocycles. The Labute approximate surface area is 60.0 Å². The third-order valence-electron chi connectivity index (χ3n) is 2.11. The minimum absolute atomic E-state index is 0.702. The second-order valence-electron chi connectivity index (χ2n) is 3.14. The molecule has 0 bridgehead atoms. The monoisotopic (exact) mass is 137 g/mol. The van der Waals surface area contributed by atoms with Crippen LogP contribution in [0.1, 0.15) is 25.0 Å². The van der Waals surface area contributed by atoms with E-state index in [-0.39, 0.29) is 0 Å². The Morgan fingerprint density at radius 3 is 2.80 bits per heavy atom. The smallest absolute Gasteiger partial charge is 0.0860 e. The van der Waals surface area contributed by atoms with Crippen molar-refractivity contribution in [3.63, 3.8) is 0 Å². The molecule has 0 unspecified atom stereocenters. The lowest BCUT2D eigenvalue weighted by atomic mass is 10.3. The van der Waals surface area contributed by atoms with Crippen LogP contribution in [0.3, 0.4) is 0 Å². The molecule has 10 heavy (non-hydrogen) atoms. The van der Waals surface area contributed by atoms with E-state index >= 15 is 0 Å². The van der Waals surface area contributed by atoms with Gasteiger partial charge in [0.2, 0.25) is 0 Å². The third kappa shape index (κ3) is 0.818. The van der Waals surface area contributed by atoms with E-state index in [2.05, 4.69) is 17.2 Å². The zero-order valence-electron chi connectivity index (χ0n) is 6.28. The summed E-state index contributed by atoms with van der Waals surface area (Å²) in [6, 6.07) is 0. The van der Waals surface area contributed by atoms with Crippen molar-refractivity contribution in [2.24, 2.45) is 13.0 Å². The molecule has 3 nitrogen and oxygen atoms in total. The van der Waals surface area contributed by atoms with Gasteiger partial charge in [-0.3, -0.25) is 4.68 Å². The van der Waals surface area contributed by atoms with Gasteiger partial charge in [0.25, 0.3) is 0 Å². The van der Waals surface area contributed by atoms with E-state index < -0.39 is 0 Å². The summed E-state index contributed by atoms with van der Waals surface area (Å²) in [6.07, 6.45) is 3.30. The molecule has 2 atom stereocenters. The number of nitrogens with zero attached hydrogens (tertiary/aromatic N) is 3. The number of aryl methyl sites for hydroxylation is 1. The lowest BCUT2D eigenvalue weighted by Gasteiger charge is -1.84. The van der Waals surface area contributed by atoms with Crippen molar-refractivity contribution in [3.05, 3.63) is 11.9 Å². The third-order valence-corrected chi connectivity index (χ3v) is 2.11. The predicted octanol–water partition coefficient (Wildman–Crippen LogP) is 0.939. The van der Waals surface area contributed by atoms with Gasteiger partial charge in [-0.25, -0.2) is 0 Å². The summed E-state index contributed by atoms with van der Waals surface area (Å²) in [7, 11) is 1.91. The summed E-state index contributed by atoms with van der Waals surface area (Å²) in [5.74, 6) is 1.53. The van der Waals surface area contributed by atoms with Gasteiger partial charge in [-0.05, 0) is 12.3 Å². The van der Waals surface area contributed by atoms with Gasteiger partial charge in [-0.15, -0.1) is 5.10 Å². The van der Waals surface area contributed by atoms with E-state index in [9.17, 15) is 0 Å². The fraction of sp³-hybridized carbons (Fsp3) is 0.714. The molecule has 1 aromatic rings. The molecule has 1 fully saturated rings. The van der Waals surface area contributed by atoms with Crippen LogP contribution in [-0.2, 0) is 7.05 Å². The van der Waals surface area contributed by atoms with Crippen molar-refractivity contribution >= 4 is 0 Å². The Hall–Kier alpha value is -0.860. The number of rotatable bonds is 1. The Morgan fingerprint density at radius 2 is 2.40 bits per heavy atom. The van der Waals surface area contributed by atoms with Crippen LogP contribution < -0.4 is 0 Å². The van der Waals surface area contributed by atoms with Gasteiger partial charge < -0.3 is 0 Å². The van der Waals surface area contributed by atoms with Crippen molar-refractivity contribution in [2.45, 2.75) is 19.3 Å². The van der Waals surface area contributed by atoms with Gasteiger partial charge in [0.15, 0.2) is 0 Å². The molecular weight excluding hydrogens is 126 g/mol. The maximum atomic E-state index is 4.04. The van der Waals surface area contributed by atoms with E-state index in [1.165, 1.54) is 6.42 Å². The van der Waals surface area contributed by atoms with Crippen molar-refractivity contribution in [1.29, 1.82) is 0 Å². The standard InChI is InChI=1S/C7H11N3/c1-5-3-6(5)7-4-10(2)9-8-7/h4-6H,3H2,1-2H3/t5-,6-/m1/s1. The second kappa shape index (κ2) is 1.81. The van der Waals surface area contributed by atoms with Gasteiger partial charge >= 0.3 is 0 Å². The topological polar surface area (TPSA) is 30.7 Å². The van der Waals surface area contributed by atoms with Crippen LogP contribution in [0, 0.1) is 5.92 Å². The summed E-state index contributed by atoms with van der Waals surface area (Å²) < 4.78 is 1.76. The van der Waals surface area contributed by atoms with E-state index in [0.29, 0.717) is 5.92 Å². The first-order chi connectivity index (χ1) is 4.77. The largest absolute Gasteiger partial charge is 0.255 e. The molecule has 0 spiro atoms. The quantitative estimate of drug-likeness (QED) is 0.576. The molecule has 1 aliphatic carbocycles. The maximum Gasteiger partial charge on any atom is 0.0860 e. The lowest BCUT2D eigenvalue weighted by molar-refractivity contribution is 0.712. The number of hydrogen-bond acceptors (Lipinski definition) is 2. The van der Waals surface area contributed by atoms with Gasteiger partial charge in [0, 0.05) is 19.2 Å². The maximum absolute atomic E-state index is 4.04. The van der Waals surface area contributed by atoms with Crippen molar-refractivity contribution < 1.29 is 0 Å². The minimum Gasteiger partial charge on any atom is -0.255 e. The van der Waals surface area contributed by atoms with Gasteiger partial charge in [0.05, 0.1) is 5.69 Å². The minimum atomic E-state index is 0.702. The average Bonchev–Trinajstić information content (AvgIpc) is 2.42. The normalized spacial score (nSPS) is 30.6. The number of aromatic nitrogens is 3. The highest BCUT2D eigenvalue weighted by Crippen LogP contribution is 2.45. The first-order valence-electron chi connectivity index (χ1n) is 3.63. The Kier molecular flexibility index (Phi) is 1.07. The van der Waals surface area contributed by atoms with Crippen LogP contribution in [0.25, 0.3) is 0 Å². The summed E-state index contributed by atoms with van der Waals surface area (Å²) in [5, 5.41) is 7.92. The Balaban J connectivity index is 2.20. The molecule has 0 amide bonds. The molecule has 2 rings (SSSR count). The summed E-state index contributed by atoms with van der Waals surface area (Å²) in [6.45, 7) is 2.25. The van der Waals surface area contributed by atoms with Gasteiger partial charge in [-0.2, -0.15) is 0 Å². The summed E-state index contributed by atoms with van der Waals surface area (Å²) >= 11 is 0. The van der Waals surface area contributed by atoms with Crippen LogP contribution >= 0.6 is 0 Å². The Bertz CT molecular complexity index is 241. The molecule has 1 heterocycles. The fourth-order valence-corrected chi connectivity index (χ4v) is 1.27. The zero-order valence-corrected chi connectivity index (χ0v) is 6.28. The van der Waals surface area contributed by atoms with E-state index in [1.54, 1.807) is 4.68 Å². The molecule has 1 saturated carbocycles. The highest BCUT2D eigenvalue weighted by Gasteiger charge is 2.36. The zero-order chi connectivity index (χ0) is 7.14. The lowest BCUT2D eigenvalue weighted by Crippen LogP contribution is -1.85.